The summed E-state index contributed by atoms with van der Waals surface area (Å²) in [6, 6.07) is 0.146. The standard InChI is InChI=1S/C22H26N2O2/c1-12-9-13-6-8-17(24(4)20(13)25)19-18(12)16-10-15-7-5-14(11-22(16,19)2)21(26)23(15)3/h5-8,10,13-15,17,19H,9,11H2,1-4H3/b16-10-,18-12-. The highest BCUT2D eigenvalue weighted by Gasteiger charge is 2.59. The second-order valence-electron chi connectivity index (χ2n) is 8.94. The molecular weight excluding hydrogens is 324 g/mol. The molecule has 4 nitrogen and oxygen atoms in total. The van der Waals surface area contributed by atoms with E-state index in [9.17, 15) is 9.59 Å². The maximum Gasteiger partial charge on any atom is 0.230 e. The van der Waals surface area contributed by atoms with Crippen LogP contribution in [0.5, 0.6) is 0 Å². The van der Waals surface area contributed by atoms with E-state index in [1.807, 2.05) is 23.9 Å². The Morgan fingerprint density at radius 2 is 1.69 bits per heavy atom. The molecule has 2 amide bonds. The third-order valence-corrected chi connectivity index (χ3v) is 7.52. The molecular formula is C22H26N2O2. The Morgan fingerprint density at radius 1 is 1.00 bits per heavy atom. The summed E-state index contributed by atoms with van der Waals surface area (Å²) in [4.78, 5) is 29.3. The molecule has 6 atom stereocenters. The van der Waals surface area contributed by atoms with Crippen molar-refractivity contribution in [3.8, 4) is 0 Å². The zero-order valence-electron chi connectivity index (χ0n) is 15.9. The smallest absolute Gasteiger partial charge is 0.230 e. The lowest BCUT2D eigenvalue weighted by Gasteiger charge is -2.61. The van der Waals surface area contributed by atoms with Crippen LogP contribution in [-0.4, -0.2) is 47.8 Å². The van der Waals surface area contributed by atoms with Crippen LogP contribution in [0.2, 0.25) is 0 Å². The summed E-state index contributed by atoms with van der Waals surface area (Å²) in [6.07, 6.45) is 12.6. The van der Waals surface area contributed by atoms with Crippen molar-refractivity contribution in [2.24, 2.45) is 23.2 Å². The molecule has 1 fully saturated rings. The highest BCUT2D eigenvalue weighted by molar-refractivity contribution is 5.85. The summed E-state index contributed by atoms with van der Waals surface area (Å²) in [6.45, 7) is 4.51. The van der Waals surface area contributed by atoms with Crippen molar-refractivity contribution in [2.45, 2.75) is 38.8 Å². The number of nitrogens with zero attached hydrogens (tertiary/aromatic N) is 2. The number of amides is 2. The van der Waals surface area contributed by atoms with E-state index in [4.69, 9.17) is 0 Å². The van der Waals surface area contributed by atoms with E-state index in [1.54, 1.807) is 0 Å². The van der Waals surface area contributed by atoms with Crippen molar-refractivity contribution in [3.05, 3.63) is 47.1 Å². The van der Waals surface area contributed by atoms with Gasteiger partial charge in [0.15, 0.2) is 0 Å². The third-order valence-electron chi connectivity index (χ3n) is 7.52. The van der Waals surface area contributed by atoms with Crippen LogP contribution in [0.3, 0.4) is 0 Å². The molecule has 0 N–H and O–H groups in total. The summed E-state index contributed by atoms with van der Waals surface area (Å²) in [5, 5.41) is 0. The summed E-state index contributed by atoms with van der Waals surface area (Å²) in [7, 11) is 3.86. The highest BCUT2D eigenvalue weighted by atomic mass is 16.2. The predicted molar refractivity (Wildman–Crippen MR) is 100.0 cm³/mol. The molecule has 3 aliphatic carbocycles. The topological polar surface area (TPSA) is 40.6 Å². The van der Waals surface area contributed by atoms with Crippen molar-refractivity contribution >= 4 is 11.8 Å². The molecule has 0 aromatic carbocycles. The fourth-order valence-electron chi connectivity index (χ4n) is 6.06. The van der Waals surface area contributed by atoms with Gasteiger partial charge in [0.25, 0.3) is 0 Å². The van der Waals surface area contributed by atoms with E-state index in [0.29, 0.717) is 0 Å². The number of hydrogen-bond donors (Lipinski definition) is 0. The minimum Gasteiger partial charge on any atom is -0.338 e. The molecule has 0 spiro atoms. The van der Waals surface area contributed by atoms with Gasteiger partial charge in [-0.2, -0.15) is 0 Å². The van der Waals surface area contributed by atoms with E-state index < -0.39 is 0 Å². The van der Waals surface area contributed by atoms with Crippen LogP contribution in [-0.2, 0) is 9.59 Å². The van der Waals surface area contributed by atoms with Gasteiger partial charge in [-0.15, -0.1) is 0 Å². The van der Waals surface area contributed by atoms with Gasteiger partial charge in [0.05, 0.1) is 23.9 Å². The summed E-state index contributed by atoms with van der Waals surface area (Å²) in [5.74, 6) is 0.661. The molecule has 7 rings (SSSR count). The van der Waals surface area contributed by atoms with Gasteiger partial charge in [0, 0.05) is 25.4 Å². The lowest BCUT2D eigenvalue weighted by Crippen LogP contribution is -2.60. The number of hydrogen-bond acceptors (Lipinski definition) is 2. The van der Waals surface area contributed by atoms with Crippen molar-refractivity contribution < 1.29 is 9.59 Å². The van der Waals surface area contributed by atoms with Crippen molar-refractivity contribution in [2.75, 3.05) is 14.1 Å². The molecule has 0 saturated heterocycles. The Kier molecular flexibility index (Phi) is 3.09. The SMILES string of the molecule is C/C1=C2\C3=C\C4C=CC(CC3(C)C2C2C=CC(C1)C(=O)N2C)C(=O)N4C. The largest absolute Gasteiger partial charge is 0.338 e. The zero-order valence-corrected chi connectivity index (χ0v) is 15.9. The van der Waals surface area contributed by atoms with Crippen LogP contribution < -0.4 is 0 Å². The molecule has 0 aromatic rings. The monoisotopic (exact) mass is 350 g/mol. The maximum atomic E-state index is 12.8. The lowest BCUT2D eigenvalue weighted by atomic mass is 9.46. The van der Waals surface area contributed by atoms with Crippen LogP contribution in [0.15, 0.2) is 47.1 Å². The second kappa shape index (κ2) is 4.99. The van der Waals surface area contributed by atoms with Crippen molar-refractivity contribution in [1.82, 2.24) is 9.80 Å². The van der Waals surface area contributed by atoms with Gasteiger partial charge in [0.2, 0.25) is 11.8 Å². The number of carbonyl (C=O) groups excluding carboxylic acids is 2. The van der Waals surface area contributed by atoms with Crippen LogP contribution in [0.4, 0.5) is 0 Å². The van der Waals surface area contributed by atoms with E-state index in [2.05, 4.69) is 44.2 Å². The fraction of sp³-hybridized carbons (Fsp3) is 0.545. The van der Waals surface area contributed by atoms with Gasteiger partial charge in [-0.1, -0.05) is 42.9 Å². The van der Waals surface area contributed by atoms with E-state index in [1.165, 1.54) is 16.7 Å². The zero-order chi connectivity index (χ0) is 18.4. The first-order chi connectivity index (χ1) is 12.3. The van der Waals surface area contributed by atoms with E-state index in [0.717, 1.165) is 12.8 Å². The highest BCUT2D eigenvalue weighted by Crippen LogP contribution is 2.64. The molecule has 4 heteroatoms. The molecule has 0 radical (unpaired) electrons. The minimum absolute atomic E-state index is 0.0219. The number of rotatable bonds is 0. The normalized spacial score (nSPS) is 48.2. The Hall–Kier alpha value is -2.10. The Balaban J connectivity index is 1.69. The minimum atomic E-state index is -0.0606. The van der Waals surface area contributed by atoms with E-state index >= 15 is 0 Å². The average Bonchev–Trinajstić information content (AvgIpc) is 2.59. The number of fused-ring (bicyclic) bond motifs is 3. The van der Waals surface area contributed by atoms with Gasteiger partial charge in [-0.3, -0.25) is 9.59 Å². The molecule has 1 saturated carbocycles. The second-order valence-corrected chi connectivity index (χ2v) is 8.94. The maximum absolute atomic E-state index is 12.8. The predicted octanol–water partition coefficient (Wildman–Crippen LogP) is 2.70. The summed E-state index contributed by atoms with van der Waals surface area (Å²) >= 11 is 0. The third kappa shape index (κ3) is 1.80. The summed E-state index contributed by atoms with van der Waals surface area (Å²) < 4.78 is 0. The molecule has 4 bridgehead atoms. The molecule has 4 aliphatic heterocycles. The van der Waals surface area contributed by atoms with Crippen LogP contribution in [0.1, 0.15) is 26.7 Å². The molecule has 7 aliphatic rings. The first-order valence-corrected chi connectivity index (χ1v) is 9.65. The number of allylic oxidation sites excluding steroid dienone is 2. The molecule has 136 valence electrons. The van der Waals surface area contributed by atoms with Gasteiger partial charge in [-0.05, 0) is 30.9 Å². The first kappa shape index (κ1) is 16.1. The average molecular weight is 350 g/mol. The first-order valence-electron chi connectivity index (χ1n) is 9.65. The van der Waals surface area contributed by atoms with Crippen LogP contribution in [0, 0.1) is 23.2 Å². The number of carbonyl (C=O) groups is 2. The van der Waals surface area contributed by atoms with Gasteiger partial charge >= 0.3 is 0 Å². The van der Waals surface area contributed by atoms with Crippen molar-refractivity contribution in [3.63, 3.8) is 0 Å². The van der Waals surface area contributed by atoms with E-state index in [-0.39, 0.29) is 47.1 Å². The van der Waals surface area contributed by atoms with Crippen molar-refractivity contribution in [1.29, 1.82) is 0 Å². The molecule has 6 unspecified atom stereocenters. The summed E-state index contributed by atoms with van der Waals surface area (Å²) in [5.41, 5.74) is 4.16. The quantitative estimate of drug-likeness (QED) is 0.630. The van der Waals surface area contributed by atoms with Gasteiger partial charge < -0.3 is 9.80 Å². The van der Waals surface area contributed by atoms with Gasteiger partial charge in [0.1, 0.15) is 0 Å². The molecule has 4 heterocycles. The van der Waals surface area contributed by atoms with Crippen LogP contribution in [0.25, 0.3) is 0 Å². The fourth-order valence-corrected chi connectivity index (χ4v) is 6.06. The Bertz CT molecular complexity index is 848. The molecule has 0 aromatic heterocycles. The molecule has 26 heavy (non-hydrogen) atoms. The lowest BCUT2D eigenvalue weighted by molar-refractivity contribution is -0.139. The van der Waals surface area contributed by atoms with Crippen LogP contribution >= 0.6 is 0 Å². The van der Waals surface area contributed by atoms with Gasteiger partial charge in [-0.25, -0.2) is 0 Å². The number of likely N-dealkylation sites (N-methyl/N-ethyl adjacent to an activating group) is 2. The Morgan fingerprint density at radius 3 is 2.46 bits per heavy atom. The Labute approximate surface area is 154 Å².